The zero-order chi connectivity index (χ0) is 44.6. The van der Waals surface area contributed by atoms with Crippen LogP contribution in [0.15, 0.2) is 67.3 Å². The third kappa shape index (κ3) is 8.96. The number of pyridine rings is 1. The number of anilines is 3. The van der Waals surface area contributed by atoms with Gasteiger partial charge in [0, 0.05) is 106 Å². The molecule has 0 spiro atoms. The molecule has 3 saturated heterocycles. The lowest BCUT2D eigenvalue weighted by molar-refractivity contribution is -0.138. The molecule has 3 amide bonds. The highest BCUT2D eigenvalue weighted by Crippen LogP contribution is 2.34. The molecule has 8 rings (SSSR count). The number of fused-ring (bicyclic) bond motifs is 1. The Morgan fingerprint density at radius 3 is 2.33 bits per heavy atom. The number of amides is 3. The molecule has 0 saturated carbocycles. The summed E-state index contributed by atoms with van der Waals surface area (Å²) in [5.74, 6) is -3.24. The molecule has 3 aromatic heterocycles. The first-order valence-corrected chi connectivity index (χ1v) is 22.1. The van der Waals surface area contributed by atoms with Crippen molar-refractivity contribution in [3.05, 3.63) is 95.6 Å². The second-order valence-corrected chi connectivity index (χ2v) is 17.9. The van der Waals surface area contributed by atoms with Gasteiger partial charge in [-0.25, -0.2) is 23.7 Å². The van der Waals surface area contributed by atoms with E-state index in [4.69, 9.17) is 0 Å². The summed E-state index contributed by atoms with van der Waals surface area (Å²) in [5, 5.41) is 14.1. The number of benzene rings is 2. The van der Waals surface area contributed by atoms with Crippen molar-refractivity contribution < 1.29 is 41.5 Å². The van der Waals surface area contributed by atoms with Gasteiger partial charge in [0.2, 0.25) is 23.7 Å². The van der Waals surface area contributed by atoms with Crippen LogP contribution in [0.5, 0.6) is 0 Å². The molecule has 2 aromatic carbocycles. The standard InChI is InChI=1S/C43H46F2N10O7S/c1-3-52(2)63(61,62)51-34-6-4-5-30(38(34)45)39(58)32-25-47-40-31(32)19-27(22-46-40)28-23-48-42(49-24-28)55-17-15-54(16-18-55)37(57)21-43(60)11-13-53(14-12-43)35-9-7-26(20-33(35)44)29-8-10-36(56)50-41(29)59/h4-7,9,19-20,22-25,29,51,60H,3,8,10-18,21H2,1-2H3,(H,46,47)(H,50,56,59). The van der Waals surface area contributed by atoms with Gasteiger partial charge < -0.3 is 24.8 Å². The van der Waals surface area contributed by atoms with Gasteiger partial charge in [0.05, 0.1) is 34.9 Å². The Morgan fingerprint density at radius 1 is 0.937 bits per heavy atom. The lowest BCUT2D eigenvalue weighted by Gasteiger charge is -2.41. The lowest BCUT2D eigenvalue weighted by atomic mass is 9.87. The van der Waals surface area contributed by atoms with Crippen molar-refractivity contribution in [3.63, 3.8) is 0 Å². The van der Waals surface area contributed by atoms with Crippen LogP contribution in [0.4, 0.5) is 26.1 Å². The Hall–Kier alpha value is -6.38. The molecule has 3 fully saturated rings. The first-order valence-electron chi connectivity index (χ1n) is 20.6. The molecule has 4 N–H and O–H groups in total. The van der Waals surface area contributed by atoms with Gasteiger partial charge in [0.25, 0.3) is 0 Å². The Balaban J connectivity index is 0.853. The molecule has 20 heteroatoms. The van der Waals surface area contributed by atoms with Crippen molar-refractivity contribution in [1.29, 1.82) is 0 Å². The fourth-order valence-corrected chi connectivity index (χ4v) is 9.13. The fourth-order valence-electron chi connectivity index (χ4n) is 8.20. The number of carbonyl (C=O) groups is 4. The normalized spacial score (nSPS) is 18.2. The number of aliphatic hydroxyl groups is 1. The van der Waals surface area contributed by atoms with Crippen molar-refractivity contribution in [2.45, 2.75) is 50.5 Å². The van der Waals surface area contributed by atoms with Gasteiger partial charge in [-0.05, 0) is 55.2 Å². The number of H-pyrrole nitrogens is 1. The molecular weight excluding hydrogens is 839 g/mol. The molecule has 0 bridgehead atoms. The predicted molar refractivity (Wildman–Crippen MR) is 229 cm³/mol. The van der Waals surface area contributed by atoms with Crippen LogP contribution in [0.25, 0.3) is 22.2 Å². The highest BCUT2D eigenvalue weighted by atomic mass is 32.2. The third-order valence-electron chi connectivity index (χ3n) is 12.1. The zero-order valence-electron chi connectivity index (χ0n) is 34.6. The van der Waals surface area contributed by atoms with E-state index in [1.54, 1.807) is 48.6 Å². The molecule has 330 valence electrons. The lowest BCUT2D eigenvalue weighted by Crippen LogP contribution is -2.52. The number of piperidine rings is 2. The van der Waals surface area contributed by atoms with Gasteiger partial charge in [0.1, 0.15) is 11.5 Å². The van der Waals surface area contributed by atoms with E-state index in [0.717, 1.165) is 4.31 Å². The predicted octanol–water partition coefficient (Wildman–Crippen LogP) is 3.73. The van der Waals surface area contributed by atoms with E-state index >= 15 is 8.78 Å². The summed E-state index contributed by atoms with van der Waals surface area (Å²) in [4.78, 5) is 72.9. The van der Waals surface area contributed by atoms with Crippen molar-refractivity contribution in [1.82, 2.24) is 34.5 Å². The Morgan fingerprint density at radius 2 is 1.65 bits per heavy atom. The van der Waals surface area contributed by atoms with E-state index in [9.17, 15) is 32.7 Å². The summed E-state index contributed by atoms with van der Waals surface area (Å²) in [6.07, 6.45) is 7.27. The van der Waals surface area contributed by atoms with E-state index in [2.05, 4.69) is 30.0 Å². The second-order valence-electron chi connectivity index (χ2n) is 16.1. The van der Waals surface area contributed by atoms with Crippen molar-refractivity contribution in [2.24, 2.45) is 0 Å². The number of halogens is 2. The number of imide groups is 1. The van der Waals surface area contributed by atoms with Crippen molar-refractivity contribution >= 4 is 62.1 Å². The maximum Gasteiger partial charge on any atom is 0.301 e. The number of nitrogens with zero attached hydrogens (tertiary/aromatic N) is 7. The van der Waals surface area contributed by atoms with Gasteiger partial charge >= 0.3 is 10.2 Å². The third-order valence-corrected chi connectivity index (χ3v) is 13.7. The molecule has 17 nitrogen and oxygen atoms in total. The average molecular weight is 885 g/mol. The van der Waals surface area contributed by atoms with E-state index in [1.807, 2.05) is 9.80 Å². The number of aromatic amines is 1. The zero-order valence-corrected chi connectivity index (χ0v) is 35.4. The molecule has 3 aliphatic heterocycles. The smallest absolute Gasteiger partial charge is 0.301 e. The Bertz CT molecular complexity index is 2700. The summed E-state index contributed by atoms with van der Waals surface area (Å²) in [5.41, 5.74) is 0.670. The summed E-state index contributed by atoms with van der Waals surface area (Å²) < 4.78 is 59.2. The highest BCUT2D eigenvalue weighted by molar-refractivity contribution is 7.90. The van der Waals surface area contributed by atoms with Gasteiger partial charge in [-0.1, -0.05) is 19.1 Å². The van der Waals surface area contributed by atoms with E-state index < -0.39 is 45.1 Å². The van der Waals surface area contributed by atoms with E-state index in [-0.39, 0.29) is 60.9 Å². The largest absolute Gasteiger partial charge is 0.389 e. The van der Waals surface area contributed by atoms with Crippen LogP contribution in [0.3, 0.4) is 0 Å². The van der Waals surface area contributed by atoms with Gasteiger partial charge in [-0.15, -0.1) is 0 Å². The molecule has 1 atom stereocenters. The van der Waals surface area contributed by atoms with Crippen LogP contribution in [0.1, 0.15) is 66.4 Å². The van der Waals surface area contributed by atoms with Crippen LogP contribution in [-0.4, -0.2) is 125 Å². The summed E-state index contributed by atoms with van der Waals surface area (Å²) in [6, 6.07) is 10.3. The number of carbonyl (C=O) groups excluding carboxylic acids is 4. The number of hydrogen-bond donors (Lipinski definition) is 4. The number of aromatic nitrogens is 4. The fraction of sp³-hybridized carbons (Fsp3) is 0.372. The van der Waals surface area contributed by atoms with Crippen molar-refractivity contribution in [2.75, 3.05) is 67.4 Å². The highest BCUT2D eigenvalue weighted by Gasteiger charge is 2.37. The summed E-state index contributed by atoms with van der Waals surface area (Å²) in [6.45, 7) is 4.19. The van der Waals surface area contributed by atoms with Crippen molar-refractivity contribution in [3.8, 4) is 11.1 Å². The first-order chi connectivity index (χ1) is 30.1. The number of hydrogen-bond acceptors (Lipinski definition) is 12. The second kappa shape index (κ2) is 17.4. The van der Waals surface area contributed by atoms with Gasteiger partial charge in [-0.2, -0.15) is 12.7 Å². The monoisotopic (exact) mass is 884 g/mol. The minimum atomic E-state index is -4.04. The number of piperazine rings is 1. The maximum absolute atomic E-state index is 15.6. The molecule has 1 unspecified atom stereocenters. The molecule has 6 heterocycles. The summed E-state index contributed by atoms with van der Waals surface area (Å²) >= 11 is 0. The number of ketones is 1. The number of rotatable bonds is 12. The van der Waals surface area contributed by atoms with Gasteiger partial charge in [-0.3, -0.25) is 29.2 Å². The minimum absolute atomic E-state index is 0.0600. The molecule has 5 aromatic rings. The molecular formula is C43H46F2N10O7S. The Kier molecular flexibility index (Phi) is 12.0. The van der Waals surface area contributed by atoms with Gasteiger partial charge in [0.15, 0.2) is 11.6 Å². The molecule has 63 heavy (non-hydrogen) atoms. The quantitative estimate of drug-likeness (QED) is 0.104. The van der Waals surface area contributed by atoms with Crippen LogP contribution >= 0.6 is 0 Å². The summed E-state index contributed by atoms with van der Waals surface area (Å²) in [7, 11) is -2.69. The SMILES string of the molecule is CCN(C)S(=O)(=O)Nc1cccc(C(=O)c2c[nH]c3ncc(-c4cnc(N5CCN(C(=O)CC6(O)CCN(c7ccc(C8CCC(=O)NC8=O)cc7F)CC6)CC5)nc4)cc23)c1F. The van der Waals surface area contributed by atoms with E-state index in [0.29, 0.717) is 85.0 Å². The number of nitrogens with one attached hydrogen (secondary N) is 3. The Labute approximate surface area is 361 Å². The van der Waals surface area contributed by atoms with Crippen LogP contribution in [-0.2, 0) is 24.6 Å². The van der Waals surface area contributed by atoms with Crippen LogP contribution in [0.2, 0.25) is 0 Å². The first kappa shape index (κ1) is 43.3. The average Bonchev–Trinajstić information content (AvgIpc) is 3.70. The topological polar surface area (TPSA) is 214 Å². The molecule has 0 radical (unpaired) electrons. The maximum atomic E-state index is 15.6. The van der Waals surface area contributed by atoms with Crippen LogP contribution < -0.4 is 19.8 Å². The minimum Gasteiger partial charge on any atom is -0.389 e. The van der Waals surface area contributed by atoms with E-state index in [1.165, 1.54) is 37.5 Å². The van der Waals surface area contributed by atoms with Crippen LogP contribution in [0, 0.1) is 11.6 Å². The molecule has 0 aliphatic carbocycles. The molecule has 3 aliphatic rings.